The molecule has 2 unspecified atom stereocenters. The lowest BCUT2D eigenvalue weighted by molar-refractivity contribution is 0.166. The molecular weight excluding hydrogens is 176 g/mol. The molecule has 3 nitrogen and oxygen atoms in total. The van der Waals surface area contributed by atoms with Crippen molar-refractivity contribution in [3.8, 4) is 0 Å². The van der Waals surface area contributed by atoms with Crippen LogP contribution in [0, 0.1) is 5.92 Å². The number of ether oxygens (including phenoxy) is 1. The van der Waals surface area contributed by atoms with Crippen LogP contribution in [0.1, 0.15) is 20.3 Å². The van der Waals surface area contributed by atoms with E-state index in [0.717, 1.165) is 32.8 Å². The lowest BCUT2D eigenvalue weighted by Gasteiger charge is -2.28. The van der Waals surface area contributed by atoms with Gasteiger partial charge in [-0.1, -0.05) is 13.8 Å². The smallest absolute Gasteiger partial charge is 0.0510 e. The van der Waals surface area contributed by atoms with Crippen LogP contribution in [0.2, 0.25) is 0 Å². The first-order valence-corrected chi connectivity index (χ1v) is 5.79. The van der Waals surface area contributed by atoms with Crippen LogP contribution in [0.4, 0.5) is 0 Å². The third kappa shape index (κ3) is 3.23. The predicted molar refractivity (Wildman–Crippen MR) is 59.6 cm³/mol. The zero-order valence-electron chi connectivity index (χ0n) is 9.75. The highest BCUT2D eigenvalue weighted by Crippen LogP contribution is 2.17. The summed E-state index contributed by atoms with van der Waals surface area (Å²) in [6.07, 6.45) is 1.22. The maximum absolute atomic E-state index is 5.43. The summed E-state index contributed by atoms with van der Waals surface area (Å²) in [5.74, 6) is 0.709. The van der Waals surface area contributed by atoms with Crippen LogP contribution in [0.25, 0.3) is 0 Å². The summed E-state index contributed by atoms with van der Waals surface area (Å²) in [5, 5.41) is 3.42. The molecule has 1 fully saturated rings. The average Bonchev–Trinajstić information content (AvgIpc) is 2.73. The SMILES string of the molecule is CCN(CC)CC(NC)C1CCOC1. The van der Waals surface area contributed by atoms with Gasteiger partial charge in [0.15, 0.2) is 0 Å². The fraction of sp³-hybridized carbons (Fsp3) is 1.00. The van der Waals surface area contributed by atoms with Gasteiger partial charge in [0.2, 0.25) is 0 Å². The number of nitrogens with zero attached hydrogens (tertiary/aromatic N) is 1. The lowest BCUT2D eigenvalue weighted by Crippen LogP contribution is -2.44. The number of likely N-dealkylation sites (N-methyl/N-ethyl adjacent to an activating group) is 2. The van der Waals surface area contributed by atoms with Gasteiger partial charge in [0.1, 0.15) is 0 Å². The zero-order chi connectivity index (χ0) is 10.4. The average molecular weight is 200 g/mol. The van der Waals surface area contributed by atoms with Gasteiger partial charge < -0.3 is 15.0 Å². The van der Waals surface area contributed by atoms with Gasteiger partial charge in [-0.25, -0.2) is 0 Å². The van der Waals surface area contributed by atoms with Gasteiger partial charge in [-0.05, 0) is 26.6 Å². The van der Waals surface area contributed by atoms with Crippen molar-refractivity contribution >= 4 is 0 Å². The molecule has 0 bridgehead atoms. The normalized spacial score (nSPS) is 24.4. The van der Waals surface area contributed by atoms with Gasteiger partial charge in [-0.3, -0.25) is 0 Å². The molecule has 0 aromatic carbocycles. The Kier molecular flexibility index (Phi) is 5.45. The third-order valence-electron chi connectivity index (χ3n) is 3.25. The summed E-state index contributed by atoms with van der Waals surface area (Å²) >= 11 is 0. The van der Waals surface area contributed by atoms with E-state index in [2.05, 4.69) is 31.1 Å². The molecule has 1 saturated heterocycles. The van der Waals surface area contributed by atoms with Gasteiger partial charge in [0.25, 0.3) is 0 Å². The monoisotopic (exact) mass is 200 g/mol. The molecule has 1 heterocycles. The van der Waals surface area contributed by atoms with Crippen LogP contribution in [0.3, 0.4) is 0 Å². The molecule has 84 valence electrons. The van der Waals surface area contributed by atoms with Crippen LogP contribution < -0.4 is 5.32 Å². The Morgan fingerprint density at radius 1 is 1.43 bits per heavy atom. The van der Waals surface area contributed by atoms with Gasteiger partial charge >= 0.3 is 0 Å². The molecular formula is C11H24N2O. The van der Waals surface area contributed by atoms with E-state index in [-0.39, 0.29) is 0 Å². The van der Waals surface area contributed by atoms with Gasteiger partial charge in [0.05, 0.1) is 6.61 Å². The Labute approximate surface area is 87.8 Å². The van der Waals surface area contributed by atoms with Crippen molar-refractivity contribution in [2.75, 3.05) is 39.9 Å². The molecule has 0 aliphatic carbocycles. The largest absolute Gasteiger partial charge is 0.381 e. The fourth-order valence-electron chi connectivity index (χ4n) is 2.11. The van der Waals surface area contributed by atoms with E-state index in [9.17, 15) is 0 Å². The van der Waals surface area contributed by atoms with Crippen LogP contribution >= 0.6 is 0 Å². The van der Waals surface area contributed by atoms with E-state index in [0.29, 0.717) is 12.0 Å². The summed E-state index contributed by atoms with van der Waals surface area (Å²) in [6, 6.07) is 0.595. The van der Waals surface area contributed by atoms with Crippen LogP contribution in [-0.2, 0) is 4.74 Å². The maximum atomic E-state index is 5.43. The number of hydrogen-bond acceptors (Lipinski definition) is 3. The zero-order valence-corrected chi connectivity index (χ0v) is 9.75. The van der Waals surface area contributed by atoms with E-state index in [1.807, 2.05) is 0 Å². The molecule has 0 spiro atoms. The Hall–Kier alpha value is -0.120. The lowest BCUT2D eigenvalue weighted by atomic mass is 9.98. The highest BCUT2D eigenvalue weighted by molar-refractivity contribution is 4.80. The summed E-state index contributed by atoms with van der Waals surface area (Å²) in [6.45, 7) is 9.76. The Bertz CT molecular complexity index is 142. The molecule has 1 rings (SSSR count). The Morgan fingerprint density at radius 3 is 2.57 bits per heavy atom. The second kappa shape index (κ2) is 6.38. The summed E-state index contributed by atoms with van der Waals surface area (Å²) in [7, 11) is 2.06. The maximum Gasteiger partial charge on any atom is 0.0510 e. The van der Waals surface area contributed by atoms with E-state index in [1.165, 1.54) is 6.42 Å². The standard InChI is InChI=1S/C11H24N2O/c1-4-13(5-2)8-11(12-3)10-6-7-14-9-10/h10-12H,4-9H2,1-3H3. The number of hydrogen-bond donors (Lipinski definition) is 1. The molecule has 0 saturated carbocycles. The van der Waals surface area contributed by atoms with Crippen molar-refractivity contribution in [2.24, 2.45) is 5.92 Å². The predicted octanol–water partition coefficient (Wildman–Crippen LogP) is 0.953. The molecule has 0 aromatic rings. The Balaban J connectivity index is 2.36. The van der Waals surface area contributed by atoms with Gasteiger partial charge in [0, 0.05) is 25.1 Å². The first-order chi connectivity index (χ1) is 6.81. The first-order valence-electron chi connectivity index (χ1n) is 5.79. The van der Waals surface area contributed by atoms with Crippen LogP contribution in [-0.4, -0.2) is 50.8 Å². The molecule has 2 atom stereocenters. The highest BCUT2D eigenvalue weighted by Gasteiger charge is 2.25. The minimum Gasteiger partial charge on any atom is -0.381 e. The summed E-state index contributed by atoms with van der Waals surface area (Å²) in [4.78, 5) is 2.47. The van der Waals surface area contributed by atoms with Crippen molar-refractivity contribution in [3.63, 3.8) is 0 Å². The summed E-state index contributed by atoms with van der Waals surface area (Å²) in [5.41, 5.74) is 0. The van der Waals surface area contributed by atoms with Crippen molar-refractivity contribution < 1.29 is 4.74 Å². The van der Waals surface area contributed by atoms with Crippen molar-refractivity contribution in [3.05, 3.63) is 0 Å². The molecule has 1 N–H and O–H groups in total. The number of nitrogens with one attached hydrogen (secondary N) is 1. The second-order valence-electron chi connectivity index (χ2n) is 4.00. The van der Waals surface area contributed by atoms with Crippen LogP contribution in [0.15, 0.2) is 0 Å². The minimum atomic E-state index is 0.595. The van der Waals surface area contributed by atoms with Crippen molar-refractivity contribution in [1.29, 1.82) is 0 Å². The third-order valence-corrected chi connectivity index (χ3v) is 3.25. The minimum absolute atomic E-state index is 0.595. The van der Waals surface area contributed by atoms with E-state index >= 15 is 0 Å². The van der Waals surface area contributed by atoms with Gasteiger partial charge in [-0.2, -0.15) is 0 Å². The molecule has 0 radical (unpaired) electrons. The van der Waals surface area contributed by atoms with Gasteiger partial charge in [-0.15, -0.1) is 0 Å². The molecule has 3 heteroatoms. The molecule has 1 aliphatic heterocycles. The van der Waals surface area contributed by atoms with Crippen molar-refractivity contribution in [2.45, 2.75) is 26.3 Å². The van der Waals surface area contributed by atoms with E-state index in [4.69, 9.17) is 4.74 Å². The fourth-order valence-corrected chi connectivity index (χ4v) is 2.11. The topological polar surface area (TPSA) is 24.5 Å². The van der Waals surface area contributed by atoms with E-state index < -0.39 is 0 Å². The molecule has 14 heavy (non-hydrogen) atoms. The molecule has 1 aliphatic rings. The second-order valence-corrected chi connectivity index (χ2v) is 4.00. The molecule has 0 aromatic heterocycles. The highest BCUT2D eigenvalue weighted by atomic mass is 16.5. The molecule has 0 amide bonds. The van der Waals surface area contributed by atoms with Crippen LogP contribution in [0.5, 0.6) is 0 Å². The first kappa shape index (κ1) is 12.0. The quantitative estimate of drug-likeness (QED) is 0.691. The van der Waals surface area contributed by atoms with E-state index in [1.54, 1.807) is 0 Å². The summed E-state index contributed by atoms with van der Waals surface area (Å²) < 4.78 is 5.43. The Morgan fingerprint density at radius 2 is 2.14 bits per heavy atom. The van der Waals surface area contributed by atoms with Crippen molar-refractivity contribution in [1.82, 2.24) is 10.2 Å². The number of rotatable bonds is 6.